The normalized spacial score (nSPS) is 19.1. The fourth-order valence-corrected chi connectivity index (χ4v) is 2.30. The smallest absolute Gasteiger partial charge is 0.260 e. The maximum Gasteiger partial charge on any atom is 0.260 e. The molecule has 0 saturated carbocycles. The maximum absolute atomic E-state index is 13.7. The van der Waals surface area contributed by atoms with Crippen molar-refractivity contribution in [2.24, 2.45) is 0 Å². The number of rotatable bonds is 3. The summed E-state index contributed by atoms with van der Waals surface area (Å²) >= 11 is 0. The van der Waals surface area contributed by atoms with Gasteiger partial charge in [-0.2, -0.15) is 4.98 Å². The first-order valence-corrected chi connectivity index (χ1v) is 6.65. The van der Waals surface area contributed by atoms with Crippen LogP contribution in [0.4, 0.5) is 4.39 Å². The molecule has 0 aliphatic carbocycles. The van der Waals surface area contributed by atoms with E-state index in [0.29, 0.717) is 12.2 Å². The number of phenolic OH excluding ortho intramolecular Hbond substituents is 1. The number of halogens is 1. The van der Waals surface area contributed by atoms with Gasteiger partial charge >= 0.3 is 0 Å². The quantitative estimate of drug-likeness (QED) is 0.934. The molecule has 1 aliphatic heterocycles. The molecule has 0 amide bonds. The Morgan fingerprint density at radius 1 is 1.35 bits per heavy atom. The second-order valence-corrected chi connectivity index (χ2v) is 4.87. The molecule has 0 bridgehead atoms. The van der Waals surface area contributed by atoms with Crippen LogP contribution in [0.3, 0.4) is 0 Å². The summed E-state index contributed by atoms with van der Waals surface area (Å²) in [5, 5.41) is 13.0. The van der Waals surface area contributed by atoms with Crippen LogP contribution in [0.5, 0.6) is 5.75 Å². The first-order valence-electron chi connectivity index (χ1n) is 6.65. The van der Waals surface area contributed by atoms with Crippen molar-refractivity contribution in [2.75, 3.05) is 6.61 Å². The van der Waals surface area contributed by atoms with E-state index in [1.807, 2.05) is 0 Å². The highest BCUT2D eigenvalue weighted by molar-refractivity contribution is 5.55. The summed E-state index contributed by atoms with van der Waals surface area (Å²) in [5.41, 5.74) is 0.186. The second kappa shape index (κ2) is 5.58. The van der Waals surface area contributed by atoms with Gasteiger partial charge in [-0.1, -0.05) is 5.16 Å². The van der Waals surface area contributed by atoms with Gasteiger partial charge in [-0.15, -0.1) is 0 Å². The van der Waals surface area contributed by atoms with Crippen molar-refractivity contribution in [2.45, 2.75) is 31.8 Å². The number of ether oxygens (including phenoxy) is 1. The fraction of sp³-hybridized carbons (Fsp3) is 0.429. The summed E-state index contributed by atoms with van der Waals surface area (Å²) in [6.45, 7) is 0.766. The first kappa shape index (κ1) is 13.1. The maximum atomic E-state index is 13.7. The first-order chi connectivity index (χ1) is 9.72. The van der Waals surface area contributed by atoms with Gasteiger partial charge in [0.2, 0.25) is 0 Å². The van der Waals surface area contributed by atoms with Crippen LogP contribution >= 0.6 is 0 Å². The third kappa shape index (κ3) is 2.80. The minimum absolute atomic E-state index is 0.110. The van der Waals surface area contributed by atoms with E-state index in [0.717, 1.165) is 31.9 Å². The van der Waals surface area contributed by atoms with Gasteiger partial charge < -0.3 is 14.4 Å². The molecule has 2 aromatic rings. The van der Waals surface area contributed by atoms with Gasteiger partial charge in [0.1, 0.15) is 11.6 Å². The van der Waals surface area contributed by atoms with Crippen LogP contribution in [0.25, 0.3) is 11.5 Å². The minimum atomic E-state index is -0.589. The number of phenols is 1. The molecule has 1 saturated heterocycles. The van der Waals surface area contributed by atoms with Crippen LogP contribution in [-0.4, -0.2) is 28.0 Å². The van der Waals surface area contributed by atoms with Crippen LogP contribution in [0.1, 0.15) is 25.1 Å². The van der Waals surface area contributed by atoms with Gasteiger partial charge in [0.15, 0.2) is 5.82 Å². The van der Waals surface area contributed by atoms with E-state index in [-0.39, 0.29) is 23.3 Å². The largest absolute Gasteiger partial charge is 0.508 e. The highest BCUT2D eigenvalue weighted by atomic mass is 19.1. The standard InChI is InChI=1S/C14H15FN2O3/c15-12-7-9(18)4-5-11(12)14-16-13(17-20-14)8-10-3-1-2-6-19-10/h4-5,7,10,18H,1-3,6,8H2. The van der Waals surface area contributed by atoms with Crippen molar-refractivity contribution in [1.29, 1.82) is 0 Å². The minimum Gasteiger partial charge on any atom is -0.508 e. The van der Waals surface area contributed by atoms with Crippen LogP contribution in [0, 0.1) is 5.82 Å². The Morgan fingerprint density at radius 2 is 2.25 bits per heavy atom. The number of nitrogens with zero attached hydrogens (tertiary/aromatic N) is 2. The number of aromatic hydroxyl groups is 1. The molecule has 106 valence electrons. The van der Waals surface area contributed by atoms with Crippen LogP contribution in [-0.2, 0) is 11.2 Å². The Hall–Kier alpha value is -1.95. The summed E-state index contributed by atoms with van der Waals surface area (Å²) in [4.78, 5) is 4.19. The molecule has 2 heterocycles. The lowest BCUT2D eigenvalue weighted by atomic mass is 10.1. The molecule has 0 radical (unpaired) electrons. The fourth-order valence-electron chi connectivity index (χ4n) is 2.30. The highest BCUT2D eigenvalue weighted by Crippen LogP contribution is 2.25. The molecule has 1 aromatic heterocycles. The Kier molecular flexibility index (Phi) is 3.64. The molecule has 5 nitrogen and oxygen atoms in total. The zero-order valence-electron chi connectivity index (χ0n) is 10.9. The van der Waals surface area contributed by atoms with E-state index in [4.69, 9.17) is 9.26 Å². The molecule has 1 atom stereocenters. The number of benzene rings is 1. The summed E-state index contributed by atoms with van der Waals surface area (Å²) in [6, 6.07) is 3.81. The van der Waals surface area contributed by atoms with Gasteiger partial charge in [-0.3, -0.25) is 0 Å². The zero-order chi connectivity index (χ0) is 13.9. The van der Waals surface area contributed by atoms with E-state index in [2.05, 4.69) is 10.1 Å². The summed E-state index contributed by atoms with van der Waals surface area (Å²) < 4.78 is 24.4. The summed E-state index contributed by atoms with van der Waals surface area (Å²) in [6.07, 6.45) is 3.90. The average molecular weight is 278 g/mol. The Labute approximate surface area is 115 Å². The average Bonchev–Trinajstić information content (AvgIpc) is 2.88. The molecule has 1 N–H and O–H groups in total. The molecule has 1 aromatic carbocycles. The predicted molar refractivity (Wildman–Crippen MR) is 68.7 cm³/mol. The Morgan fingerprint density at radius 3 is 3.00 bits per heavy atom. The molecule has 1 unspecified atom stereocenters. The lowest BCUT2D eigenvalue weighted by Crippen LogP contribution is -2.21. The molecular weight excluding hydrogens is 263 g/mol. The van der Waals surface area contributed by atoms with Crippen LogP contribution in [0.2, 0.25) is 0 Å². The molecule has 20 heavy (non-hydrogen) atoms. The van der Waals surface area contributed by atoms with Gasteiger partial charge in [0.05, 0.1) is 11.7 Å². The molecule has 6 heteroatoms. The van der Waals surface area contributed by atoms with Crippen molar-refractivity contribution in [3.05, 3.63) is 29.8 Å². The van der Waals surface area contributed by atoms with Crippen molar-refractivity contribution in [3.8, 4) is 17.2 Å². The van der Waals surface area contributed by atoms with E-state index in [9.17, 15) is 9.50 Å². The second-order valence-electron chi connectivity index (χ2n) is 4.87. The highest BCUT2D eigenvalue weighted by Gasteiger charge is 2.19. The van der Waals surface area contributed by atoms with Gasteiger partial charge in [0, 0.05) is 19.1 Å². The SMILES string of the molecule is Oc1ccc(-c2nc(CC3CCCCO3)no2)c(F)c1. The molecule has 3 rings (SSSR count). The van der Waals surface area contributed by atoms with Crippen LogP contribution < -0.4 is 0 Å². The number of hydrogen-bond acceptors (Lipinski definition) is 5. The van der Waals surface area contributed by atoms with Crippen molar-refractivity contribution < 1.29 is 18.8 Å². The predicted octanol–water partition coefficient (Wildman–Crippen LogP) is 2.69. The third-order valence-electron chi connectivity index (χ3n) is 3.34. The van der Waals surface area contributed by atoms with Crippen molar-refractivity contribution in [1.82, 2.24) is 10.1 Å². The van der Waals surface area contributed by atoms with Crippen LogP contribution in [0.15, 0.2) is 22.7 Å². The van der Waals surface area contributed by atoms with E-state index >= 15 is 0 Å². The zero-order valence-corrected chi connectivity index (χ0v) is 10.9. The van der Waals surface area contributed by atoms with E-state index in [1.54, 1.807) is 0 Å². The van der Waals surface area contributed by atoms with Gasteiger partial charge in [-0.25, -0.2) is 4.39 Å². The monoisotopic (exact) mass is 278 g/mol. The van der Waals surface area contributed by atoms with E-state index in [1.165, 1.54) is 12.1 Å². The Balaban J connectivity index is 1.75. The summed E-state index contributed by atoms with van der Waals surface area (Å²) in [7, 11) is 0. The lowest BCUT2D eigenvalue weighted by Gasteiger charge is -2.20. The molecule has 1 aliphatic rings. The Bertz CT molecular complexity index is 594. The molecular formula is C14H15FN2O3. The van der Waals surface area contributed by atoms with Crippen molar-refractivity contribution in [3.63, 3.8) is 0 Å². The topological polar surface area (TPSA) is 68.4 Å². The lowest BCUT2D eigenvalue weighted by molar-refractivity contribution is 0.0153. The summed E-state index contributed by atoms with van der Waals surface area (Å²) in [5.74, 6) is -0.0941. The third-order valence-corrected chi connectivity index (χ3v) is 3.34. The van der Waals surface area contributed by atoms with Gasteiger partial charge in [0.25, 0.3) is 5.89 Å². The van der Waals surface area contributed by atoms with E-state index < -0.39 is 5.82 Å². The number of aromatic nitrogens is 2. The van der Waals surface area contributed by atoms with Crippen molar-refractivity contribution >= 4 is 0 Å². The van der Waals surface area contributed by atoms with Gasteiger partial charge in [-0.05, 0) is 31.4 Å². The molecule has 1 fully saturated rings. The molecule has 0 spiro atoms. The number of hydrogen-bond donors (Lipinski definition) is 1.